The van der Waals surface area contributed by atoms with Gasteiger partial charge in [0.25, 0.3) is 0 Å². The Morgan fingerprint density at radius 2 is 1.81 bits per heavy atom. The zero-order valence-electron chi connectivity index (χ0n) is 12.3. The molecule has 0 atom stereocenters. The van der Waals surface area contributed by atoms with Crippen molar-refractivity contribution in [1.29, 1.82) is 0 Å². The average molecular weight is 313 g/mol. The largest absolute Gasteiger partial charge is 0.491 e. The third-order valence-electron chi connectivity index (χ3n) is 3.83. The van der Waals surface area contributed by atoms with Gasteiger partial charge < -0.3 is 9.84 Å². The summed E-state index contributed by atoms with van der Waals surface area (Å²) in [5.41, 5.74) is -0.344. The minimum atomic E-state index is -3.51. The van der Waals surface area contributed by atoms with E-state index in [1.807, 2.05) is 6.92 Å². The van der Waals surface area contributed by atoms with E-state index in [1.165, 1.54) is 18.6 Å². The highest BCUT2D eigenvalue weighted by molar-refractivity contribution is 7.89. The summed E-state index contributed by atoms with van der Waals surface area (Å²) in [6, 6.07) is 6.27. The Morgan fingerprint density at radius 3 is 2.38 bits per heavy atom. The maximum Gasteiger partial charge on any atom is 0.241 e. The quantitative estimate of drug-likeness (QED) is 0.843. The Kier molecular flexibility index (Phi) is 5.24. The Bertz CT molecular complexity index is 548. The molecule has 118 valence electrons. The van der Waals surface area contributed by atoms with Crippen LogP contribution in [-0.4, -0.2) is 32.3 Å². The molecule has 1 aromatic rings. The molecule has 0 aliphatic heterocycles. The lowest BCUT2D eigenvalue weighted by molar-refractivity contribution is 0.201. The minimum Gasteiger partial charge on any atom is -0.491 e. The van der Waals surface area contributed by atoms with Gasteiger partial charge in [0.15, 0.2) is 0 Å². The van der Waals surface area contributed by atoms with Crippen molar-refractivity contribution >= 4 is 10.0 Å². The first-order valence-corrected chi connectivity index (χ1v) is 8.81. The van der Waals surface area contributed by atoms with Gasteiger partial charge in [0.2, 0.25) is 10.0 Å². The molecule has 2 rings (SSSR count). The van der Waals surface area contributed by atoms with Gasteiger partial charge in [0.05, 0.1) is 11.5 Å². The lowest BCUT2D eigenvalue weighted by atomic mass is 9.84. The molecule has 0 bridgehead atoms. The van der Waals surface area contributed by atoms with E-state index in [4.69, 9.17) is 9.84 Å². The number of nitrogens with one attached hydrogen (secondary N) is 1. The Labute approximate surface area is 126 Å². The highest BCUT2D eigenvalue weighted by Gasteiger charge is 2.31. The average Bonchev–Trinajstić information content (AvgIpc) is 2.45. The van der Waals surface area contributed by atoms with Crippen molar-refractivity contribution in [2.75, 3.05) is 13.2 Å². The minimum absolute atomic E-state index is 0.0695. The number of aliphatic hydroxyl groups is 1. The van der Waals surface area contributed by atoms with E-state index in [-0.39, 0.29) is 23.6 Å². The molecule has 1 fully saturated rings. The third kappa shape index (κ3) is 4.43. The molecule has 0 amide bonds. The molecule has 0 unspecified atom stereocenters. The number of ether oxygens (including phenoxy) is 1. The van der Waals surface area contributed by atoms with Gasteiger partial charge in [-0.1, -0.05) is 19.3 Å². The topological polar surface area (TPSA) is 75.6 Å². The van der Waals surface area contributed by atoms with Gasteiger partial charge in [-0.2, -0.15) is 0 Å². The number of rotatable bonds is 6. The predicted molar refractivity (Wildman–Crippen MR) is 80.8 cm³/mol. The van der Waals surface area contributed by atoms with Crippen LogP contribution in [0.3, 0.4) is 0 Å². The van der Waals surface area contributed by atoms with Crippen molar-refractivity contribution < 1.29 is 18.3 Å². The number of hydrogen-bond acceptors (Lipinski definition) is 4. The molecule has 0 aromatic heterocycles. The molecule has 6 heteroatoms. The molecule has 0 radical (unpaired) electrons. The van der Waals surface area contributed by atoms with Gasteiger partial charge in [-0.05, 0) is 44.0 Å². The number of sulfonamides is 1. The van der Waals surface area contributed by atoms with E-state index in [1.54, 1.807) is 12.1 Å². The van der Waals surface area contributed by atoms with Gasteiger partial charge >= 0.3 is 0 Å². The van der Waals surface area contributed by atoms with Gasteiger partial charge in [-0.15, -0.1) is 0 Å². The summed E-state index contributed by atoms with van der Waals surface area (Å²) in [5.74, 6) is 0.548. The first-order valence-electron chi connectivity index (χ1n) is 7.33. The van der Waals surface area contributed by atoms with Crippen LogP contribution in [0, 0.1) is 0 Å². The molecule has 1 aliphatic carbocycles. The third-order valence-corrected chi connectivity index (χ3v) is 5.49. The van der Waals surface area contributed by atoms with Crippen LogP contribution in [0.25, 0.3) is 0 Å². The highest BCUT2D eigenvalue weighted by atomic mass is 32.2. The van der Waals surface area contributed by atoms with Crippen LogP contribution < -0.4 is 9.46 Å². The summed E-state index contributed by atoms with van der Waals surface area (Å²) >= 11 is 0. The van der Waals surface area contributed by atoms with Crippen LogP contribution in [-0.2, 0) is 10.0 Å². The van der Waals surface area contributed by atoms with Crippen LogP contribution in [0.2, 0.25) is 0 Å². The van der Waals surface area contributed by atoms with Crippen LogP contribution >= 0.6 is 0 Å². The maximum atomic E-state index is 12.4. The SMILES string of the molecule is CC1(NS(=O)(=O)c2ccc(OCCO)cc2)CCCCC1. The second kappa shape index (κ2) is 6.77. The number of aliphatic hydroxyl groups excluding tert-OH is 1. The monoisotopic (exact) mass is 313 g/mol. The van der Waals surface area contributed by atoms with Gasteiger partial charge in [-0.25, -0.2) is 13.1 Å². The standard InChI is InChI=1S/C15H23NO4S/c1-15(9-3-2-4-10-15)16-21(18,19)14-7-5-13(6-8-14)20-12-11-17/h5-8,16-17H,2-4,9-12H2,1H3. The van der Waals surface area contributed by atoms with E-state index >= 15 is 0 Å². The normalized spacial score (nSPS) is 18.4. The van der Waals surface area contributed by atoms with Crippen LogP contribution in [0.4, 0.5) is 0 Å². The smallest absolute Gasteiger partial charge is 0.241 e. The van der Waals surface area contributed by atoms with Gasteiger partial charge in [0.1, 0.15) is 12.4 Å². The zero-order valence-corrected chi connectivity index (χ0v) is 13.2. The molecule has 0 heterocycles. The molecule has 5 nitrogen and oxygen atoms in total. The number of hydrogen-bond donors (Lipinski definition) is 2. The predicted octanol–water partition coefficient (Wildman–Crippen LogP) is 2.06. The summed E-state index contributed by atoms with van der Waals surface area (Å²) in [6.07, 6.45) is 5.06. The van der Waals surface area contributed by atoms with E-state index in [0.29, 0.717) is 5.75 Å². The Balaban J connectivity index is 2.08. The summed E-state index contributed by atoms with van der Waals surface area (Å²) in [7, 11) is -3.51. The van der Waals surface area contributed by atoms with Crippen LogP contribution in [0.1, 0.15) is 39.0 Å². The lowest BCUT2D eigenvalue weighted by Gasteiger charge is -2.34. The highest BCUT2D eigenvalue weighted by Crippen LogP contribution is 2.29. The Hall–Kier alpha value is -1.11. The first-order chi connectivity index (χ1) is 9.95. The molecule has 2 N–H and O–H groups in total. The summed E-state index contributed by atoms with van der Waals surface area (Å²) in [4.78, 5) is 0.241. The second-order valence-corrected chi connectivity index (χ2v) is 7.45. The summed E-state index contributed by atoms with van der Waals surface area (Å²) in [5, 5.41) is 8.69. The zero-order chi connectivity index (χ0) is 15.3. The summed E-state index contributed by atoms with van der Waals surface area (Å²) < 4.78 is 32.9. The Morgan fingerprint density at radius 1 is 1.19 bits per heavy atom. The van der Waals surface area contributed by atoms with Crippen molar-refractivity contribution in [3.05, 3.63) is 24.3 Å². The molecule has 0 spiro atoms. The van der Waals surface area contributed by atoms with Crippen molar-refractivity contribution in [1.82, 2.24) is 4.72 Å². The molecule has 1 saturated carbocycles. The van der Waals surface area contributed by atoms with Crippen molar-refractivity contribution in [2.24, 2.45) is 0 Å². The summed E-state index contributed by atoms with van der Waals surface area (Å²) in [6.45, 7) is 2.10. The fraction of sp³-hybridized carbons (Fsp3) is 0.600. The molecule has 21 heavy (non-hydrogen) atoms. The maximum absolute atomic E-state index is 12.4. The fourth-order valence-corrected chi connectivity index (χ4v) is 4.16. The van der Waals surface area contributed by atoms with Crippen molar-refractivity contribution in [2.45, 2.75) is 49.5 Å². The second-order valence-electron chi connectivity index (χ2n) is 5.77. The molecule has 0 saturated heterocycles. The fourth-order valence-electron chi connectivity index (χ4n) is 2.70. The molecule has 1 aromatic carbocycles. The van der Waals surface area contributed by atoms with E-state index in [9.17, 15) is 8.42 Å². The van der Waals surface area contributed by atoms with E-state index in [0.717, 1.165) is 25.7 Å². The van der Waals surface area contributed by atoms with Gasteiger partial charge in [0, 0.05) is 5.54 Å². The number of benzene rings is 1. The van der Waals surface area contributed by atoms with E-state index < -0.39 is 10.0 Å². The first kappa shape index (κ1) is 16.3. The molecule has 1 aliphatic rings. The molecular formula is C15H23NO4S. The van der Waals surface area contributed by atoms with Crippen molar-refractivity contribution in [3.8, 4) is 5.75 Å². The molecular weight excluding hydrogens is 290 g/mol. The van der Waals surface area contributed by atoms with Crippen LogP contribution in [0.15, 0.2) is 29.2 Å². The van der Waals surface area contributed by atoms with Gasteiger partial charge in [-0.3, -0.25) is 0 Å². The lowest BCUT2D eigenvalue weighted by Crippen LogP contribution is -2.47. The van der Waals surface area contributed by atoms with Crippen LogP contribution in [0.5, 0.6) is 5.75 Å². The van der Waals surface area contributed by atoms with Crippen molar-refractivity contribution in [3.63, 3.8) is 0 Å². The van der Waals surface area contributed by atoms with E-state index in [2.05, 4.69) is 4.72 Å².